The van der Waals surface area contributed by atoms with Crippen molar-refractivity contribution >= 4 is 17.2 Å². The molecular formula is C6H5N3O. The molecule has 2 aromatic heterocycles. The van der Waals surface area contributed by atoms with Gasteiger partial charge in [0.15, 0.2) is 5.52 Å². The van der Waals surface area contributed by atoms with Crippen molar-refractivity contribution in [3.63, 3.8) is 0 Å². The van der Waals surface area contributed by atoms with Crippen LogP contribution in [0.1, 0.15) is 0 Å². The highest BCUT2D eigenvalue weighted by Gasteiger charge is 2.01. The molecule has 0 aliphatic carbocycles. The van der Waals surface area contributed by atoms with E-state index in [0.29, 0.717) is 0 Å². The summed E-state index contributed by atoms with van der Waals surface area (Å²) >= 11 is 0. The number of hydrogen-bond acceptors (Lipinski definition) is 3. The Morgan fingerprint density at radius 2 is 2.50 bits per heavy atom. The van der Waals surface area contributed by atoms with Crippen molar-refractivity contribution < 1.29 is 4.42 Å². The van der Waals surface area contributed by atoms with Crippen LogP contribution in [0.25, 0.3) is 17.2 Å². The topological polar surface area (TPSA) is 43.9 Å². The summed E-state index contributed by atoms with van der Waals surface area (Å²) in [5, 5.41) is 7.56. The first-order valence-corrected chi connectivity index (χ1v) is 2.81. The fraction of sp³-hybridized carbons (Fsp3) is 0. The SMILES string of the molecule is C=Cn1nnc2cocc21. The summed E-state index contributed by atoms with van der Waals surface area (Å²) in [7, 11) is 0. The van der Waals surface area contributed by atoms with E-state index < -0.39 is 0 Å². The van der Waals surface area contributed by atoms with Crippen molar-refractivity contribution in [1.29, 1.82) is 0 Å². The first-order chi connectivity index (χ1) is 4.92. The van der Waals surface area contributed by atoms with Crippen LogP contribution < -0.4 is 0 Å². The number of fused-ring (bicyclic) bond motifs is 1. The molecule has 0 N–H and O–H groups in total. The monoisotopic (exact) mass is 135 g/mol. The van der Waals surface area contributed by atoms with Gasteiger partial charge in [-0.2, -0.15) is 0 Å². The zero-order chi connectivity index (χ0) is 6.97. The lowest BCUT2D eigenvalue weighted by molar-refractivity contribution is 0.567. The second-order valence-electron chi connectivity index (χ2n) is 1.86. The van der Waals surface area contributed by atoms with Crippen molar-refractivity contribution in [2.75, 3.05) is 0 Å². The fourth-order valence-corrected chi connectivity index (χ4v) is 0.809. The minimum atomic E-state index is 0.750. The van der Waals surface area contributed by atoms with Gasteiger partial charge in [0.2, 0.25) is 0 Å². The van der Waals surface area contributed by atoms with Gasteiger partial charge in [0.1, 0.15) is 18.0 Å². The molecule has 0 saturated carbocycles. The van der Waals surface area contributed by atoms with Gasteiger partial charge in [0.25, 0.3) is 0 Å². The molecule has 0 aliphatic rings. The van der Waals surface area contributed by atoms with E-state index in [1.165, 1.54) is 0 Å². The molecule has 10 heavy (non-hydrogen) atoms. The molecule has 0 unspecified atom stereocenters. The third kappa shape index (κ3) is 0.500. The fourth-order valence-electron chi connectivity index (χ4n) is 0.809. The zero-order valence-corrected chi connectivity index (χ0v) is 5.19. The van der Waals surface area contributed by atoms with Crippen LogP contribution in [0, 0.1) is 0 Å². The average molecular weight is 135 g/mol. The summed E-state index contributed by atoms with van der Waals surface area (Å²) in [6.07, 6.45) is 4.70. The van der Waals surface area contributed by atoms with Crippen molar-refractivity contribution in [3.8, 4) is 0 Å². The summed E-state index contributed by atoms with van der Waals surface area (Å²) in [6.45, 7) is 3.55. The van der Waals surface area contributed by atoms with E-state index in [1.807, 2.05) is 0 Å². The minimum Gasteiger partial charge on any atom is -0.468 e. The third-order valence-electron chi connectivity index (χ3n) is 1.29. The highest BCUT2D eigenvalue weighted by Crippen LogP contribution is 2.10. The zero-order valence-electron chi connectivity index (χ0n) is 5.19. The van der Waals surface area contributed by atoms with Gasteiger partial charge < -0.3 is 4.42 Å². The summed E-state index contributed by atoms with van der Waals surface area (Å²) in [6, 6.07) is 0. The smallest absolute Gasteiger partial charge is 0.151 e. The number of rotatable bonds is 1. The highest BCUT2D eigenvalue weighted by molar-refractivity contribution is 5.73. The maximum atomic E-state index is 4.88. The number of furan rings is 1. The van der Waals surface area contributed by atoms with E-state index >= 15 is 0 Å². The van der Waals surface area contributed by atoms with E-state index in [2.05, 4.69) is 16.9 Å². The lowest BCUT2D eigenvalue weighted by Crippen LogP contribution is -1.85. The van der Waals surface area contributed by atoms with Crippen molar-refractivity contribution in [3.05, 3.63) is 19.1 Å². The molecule has 0 spiro atoms. The van der Waals surface area contributed by atoms with Gasteiger partial charge in [-0.05, 0) is 0 Å². The second kappa shape index (κ2) is 1.70. The van der Waals surface area contributed by atoms with Gasteiger partial charge in [-0.25, -0.2) is 4.68 Å². The Morgan fingerprint density at radius 1 is 1.60 bits per heavy atom. The molecule has 2 aromatic rings. The van der Waals surface area contributed by atoms with E-state index in [-0.39, 0.29) is 0 Å². The number of aromatic nitrogens is 3. The first kappa shape index (κ1) is 5.22. The molecule has 0 saturated heterocycles. The average Bonchev–Trinajstić information content (AvgIpc) is 2.44. The molecule has 0 aliphatic heterocycles. The standard InChI is InChI=1S/C6H5N3O/c1-2-9-6-4-10-3-5(6)7-8-9/h2-4H,1H2. The van der Waals surface area contributed by atoms with Gasteiger partial charge in [0.05, 0.1) is 0 Å². The molecule has 0 aromatic carbocycles. The quantitative estimate of drug-likeness (QED) is 0.588. The first-order valence-electron chi connectivity index (χ1n) is 2.81. The molecule has 0 atom stereocenters. The normalized spacial score (nSPS) is 10.4. The van der Waals surface area contributed by atoms with E-state index in [1.54, 1.807) is 23.4 Å². The van der Waals surface area contributed by atoms with Gasteiger partial charge >= 0.3 is 0 Å². The molecule has 0 amide bonds. The maximum Gasteiger partial charge on any atom is 0.151 e. The predicted molar refractivity (Wildman–Crippen MR) is 36.2 cm³/mol. The number of hydrogen-bond donors (Lipinski definition) is 0. The third-order valence-corrected chi connectivity index (χ3v) is 1.29. The van der Waals surface area contributed by atoms with E-state index in [0.717, 1.165) is 11.0 Å². The molecular weight excluding hydrogens is 130 g/mol. The van der Waals surface area contributed by atoms with Crippen LogP contribution in [0.15, 0.2) is 23.5 Å². The molecule has 2 rings (SSSR count). The molecule has 4 nitrogen and oxygen atoms in total. The molecule has 2 heterocycles. The van der Waals surface area contributed by atoms with Crippen LogP contribution in [-0.4, -0.2) is 15.0 Å². The van der Waals surface area contributed by atoms with Crippen molar-refractivity contribution in [2.45, 2.75) is 0 Å². The van der Waals surface area contributed by atoms with Crippen LogP contribution in [0.4, 0.5) is 0 Å². The summed E-state index contributed by atoms with van der Waals surface area (Å²) in [5.41, 5.74) is 1.59. The largest absolute Gasteiger partial charge is 0.468 e. The molecule has 50 valence electrons. The highest BCUT2D eigenvalue weighted by atomic mass is 16.3. The van der Waals surface area contributed by atoms with Crippen LogP contribution in [0.5, 0.6) is 0 Å². The van der Waals surface area contributed by atoms with Crippen molar-refractivity contribution in [2.24, 2.45) is 0 Å². The van der Waals surface area contributed by atoms with Gasteiger partial charge in [-0.1, -0.05) is 11.8 Å². The lowest BCUT2D eigenvalue weighted by Gasteiger charge is -1.83. The summed E-state index contributed by atoms with van der Waals surface area (Å²) in [4.78, 5) is 0. The molecule has 0 bridgehead atoms. The van der Waals surface area contributed by atoms with Crippen LogP contribution in [0.3, 0.4) is 0 Å². The van der Waals surface area contributed by atoms with Crippen LogP contribution in [-0.2, 0) is 0 Å². The van der Waals surface area contributed by atoms with Crippen LogP contribution in [0.2, 0.25) is 0 Å². The Bertz CT molecular complexity index is 360. The Labute approximate surface area is 56.7 Å². The summed E-state index contributed by atoms with van der Waals surface area (Å²) < 4.78 is 6.43. The van der Waals surface area contributed by atoms with E-state index in [4.69, 9.17) is 4.42 Å². The van der Waals surface area contributed by atoms with Crippen LogP contribution >= 0.6 is 0 Å². The Kier molecular flexibility index (Phi) is 0.887. The van der Waals surface area contributed by atoms with E-state index in [9.17, 15) is 0 Å². The Morgan fingerprint density at radius 3 is 3.30 bits per heavy atom. The maximum absolute atomic E-state index is 4.88. The summed E-state index contributed by atoms with van der Waals surface area (Å²) in [5.74, 6) is 0. The Hall–Kier alpha value is -1.58. The lowest BCUT2D eigenvalue weighted by atomic mass is 10.5. The van der Waals surface area contributed by atoms with Gasteiger partial charge in [-0.3, -0.25) is 0 Å². The molecule has 0 fully saturated rings. The minimum absolute atomic E-state index is 0.750. The molecule has 0 radical (unpaired) electrons. The predicted octanol–water partition coefficient (Wildman–Crippen LogP) is 1.12. The van der Waals surface area contributed by atoms with Gasteiger partial charge in [-0.15, -0.1) is 5.10 Å². The second-order valence-corrected chi connectivity index (χ2v) is 1.86. The molecule has 4 heteroatoms. The Balaban J connectivity index is 2.88. The van der Waals surface area contributed by atoms with Gasteiger partial charge in [0, 0.05) is 6.20 Å². The van der Waals surface area contributed by atoms with Crippen molar-refractivity contribution in [1.82, 2.24) is 15.0 Å². The number of nitrogens with zero attached hydrogens (tertiary/aromatic N) is 3.